The molecule has 0 aromatic carbocycles. The van der Waals surface area contributed by atoms with Crippen molar-refractivity contribution < 1.29 is 5.11 Å². The molecule has 2 heteroatoms. The Hall–Kier alpha value is -0.890. The fourth-order valence-corrected chi connectivity index (χ4v) is 0.634. The average Bonchev–Trinajstić information content (AvgIpc) is 2.05. The highest BCUT2D eigenvalue weighted by atomic mass is 16.3. The number of pyridine rings is 1. The van der Waals surface area contributed by atoms with E-state index in [-0.39, 0.29) is 6.10 Å². The van der Waals surface area contributed by atoms with Crippen molar-refractivity contribution in [2.45, 2.75) is 13.0 Å². The van der Waals surface area contributed by atoms with Crippen LogP contribution in [0.5, 0.6) is 0 Å². The van der Waals surface area contributed by atoms with Gasteiger partial charge in [-0.25, -0.2) is 0 Å². The molecule has 0 fully saturated rings. The van der Waals surface area contributed by atoms with Gasteiger partial charge < -0.3 is 5.11 Å². The fourth-order valence-electron chi connectivity index (χ4n) is 0.634. The molecule has 1 atom stereocenters. The first-order valence-corrected chi connectivity index (χ1v) is 2.86. The third-order valence-corrected chi connectivity index (χ3v) is 1.18. The van der Waals surface area contributed by atoms with E-state index in [4.69, 9.17) is 1.43 Å². The van der Waals surface area contributed by atoms with Crippen molar-refractivity contribution in [3.63, 3.8) is 0 Å². The van der Waals surface area contributed by atoms with E-state index >= 15 is 0 Å². The van der Waals surface area contributed by atoms with Crippen LogP contribution in [0.1, 0.15) is 18.6 Å². The Morgan fingerprint density at radius 2 is 2.33 bits per heavy atom. The first-order chi connectivity index (χ1) is 4.84. The van der Waals surface area contributed by atoms with Crippen LogP contribution in [0.3, 0.4) is 0 Å². The standard InChI is InChI=1S/C7H9NO/c1-6(9)7-2-4-8-5-3-7/h2-6,9H,1H3/i9D. The van der Waals surface area contributed by atoms with Crippen molar-refractivity contribution in [1.29, 1.82) is 1.43 Å². The second-order valence-electron chi connectivity index (χ2n) is 1.92. The zero-order valence-corrected chi connectivity index (χ0v) is 5.24. The number of hydrogen-bond donors (Lipinski definition) is 1. The minimum Gasteiger partial charge on any atom is -0.389 e. The van der Waals surface area contributed by atoms with Crippen molar-refractivity contribution in [1.82, 2.24) is 4.98 Å². The third kappa shape index (κ3) is 1.50. The van der Waals surface area contributed by atoms with E-state index in [2.05, 4.69) is 10.1 Å². The molecule has 0 radical (unpaired) electrons. The summed E-state index contributed by atoms with van der Waals surface area (Å²) in [7, 11) is 0. The number of nitrogens with zero attached hydrogens (tertiary/aromatic N) is 1. The molecular weight excluding hydrogens is 114 g/mol. The molecule has 1 heterocycles. The van der Waals surface area contributed by atoms with E-state index in [9.17, 15) is 0 Å². The summed E-state index contributed by atoms with van der Waals surface area (Å²) in [5.41, 5.74) is 0.977. The van der Waals surface area contributed by atoms with E-state index < -0.39 is 0 Å². The van der Waals surface area contributed by atoms with Crippen LogP contribution >= 0.6 is 0 Å². The Labute approximate surface area is 55.7 Å². The molecule has 48 valence electrons. The molecule has 1 aromatic heterocycles. The number of hydrogen-bond acceptors (Lipinski definition) is 2. The zero-order chi connectivity index (χ0) is 7.40. The molecular formula is C7H9NO. The maximum Gasteiger partial charge on any atom is 0.211 e. The first kappa shape index (κ1) is 4.94. The normalized spacial score (nSPS) is 14.6. The van der Waals surface area contributed by atoms with Crippen LogP contribution in [0, 0.1) is 0 Å². The van der Waals surface area contributed by atoms with Gasteiger partial charge in [0.05, 0.1) is 6.10 Å². The number of aliphatic hydroxyl groups is 1. The van der Waals surface area contributed by atoms with E-state index in [1.165, 1.54) is 0 Å². The van der Waals surface area contributed by atoms with Crippen LogP contribution in [0.4, 0.5) is 0 Å². The van der Waals surface area contributed by atoms with Gasteiger partial charge in [0.25, 0.3) is 0 Å². The Morgan fingerprint density at radius 1 is 1.67 bits per heavy atom. The highest BCUT2D eigenvalue weighted by Gasteiger charge is 1.95. The Morgan fingerprint density at radius 3 is 2.89 bits per heavy atom. The van der Waals surface area contributed by atoms with Crippen LogP contribution in [-0.4, -0.2) is 11.5 Å². The molecule has 0 saturated heterocycles. The molecule has 1 unspecified atom stereocenters. The Balaban J connectivity index is 2.75. The van der Waals surface area contributed by atoms with Gasteiger partial charge in [-0.2, -0.15) is 0 Å². The summed E-state index contributed by atoms with van der Waals surface area (Å²) in [5.74, 6) is 0. The van der Waals surface area contributed by atoms with E-state index in [0.717, 1.165) is 5.56 Å². The van der Waals surface area contributed by atoms with Gasteiger partial charge >= 0.3 is 0 Å². The summed E-state index contributed by atoms with van der Waals surface area (Å²) in [6.07, 6.45) is 3.21. The number of aromatic nitrogens is 1. The molecule has 0 spiro atoms. The maximum atomic E-state index is 6.63. The first-order valence-electron chi connectivity index (χ1n) is 3.27. The van der Waals surface area contributed by atoms with Crippen LogP contribution in [0.2, 0.25) is 0 Å². The molecule has 0 bridgehead atoms. The lowest BCUT2D eigenvalue weighted by Crippen LogP contribution is -1.89. The fraction of sp³-hybridized carbons (Fsp3) is 0.286. The van der Waals surface area contributed by atoms with E-state index in [1.807, 2.05) is 19.1 Å². The van der Waals surface area contributed by atoms with Crippen molar-refractivity contribution >= 4 is 0 Å². The van der Waals surface area contributed by atoms with Crippen molar-refractivity contribution in [2.24, 2.45) is 0 Å². The zero-order valence-electron chi connectivity index (χ0n) is 6.24. The number of rotatable bonds is 2. The molecule has 0 aliphatic carbocycles. The van der Waals surface area contributed by atoms with Crippen LogP contribution in [0.15, 0.2) is 24.5 Å². The van der Waals surface area contributed by atoms with Gasteiger partial charge in [-0.15, -0.1) is 0 Å². The second-order valence-corrected chi connectivity index (χ2v) is 1.92. The van der Waals surface area contributed by atoms with Gasteiger partial charge in [0, 0.05) is 12.4 Å². The summed E-state index contributed by atoms with van der Waals surface area (Å²) in [4.78, 5) is 3.85. The molecule has 1 rings (SSSR count). The second kappa shape index (κ2) is 2.60. The van der Waals surface area contributed by atoms with E-state index in [1.54, 1.807) is 12.4 Å². The largest absolute Gasteiger partial charge is 0.389 e. The summed E-state index contributed by atoms with van der Waals surface area (Å²) in [6.45, 7) is 1.82. The predicted octanol–water partition coefficient (Wildman–Crippen LogP) is 1.13. The maximum absolute atomic E-state index is 6.63. The predicted molar refractivity (Wildman–Crippen MR) is 34.9 cm³/mol. The monoisotopic (exact) mass is 124 g/mol. The minimum absolute atomic E-state index is 0.164. The quantitative estimate of drug-likeness (QED) is 0.641. The molecule has 0 amide bonds. The SMILES string of the molecule is [2H]OC(C)c1ccncc1. The average molecular weight is 124 g/mol. The summed E-state index contributed by atoms with van der Waals surface area (Å²) < 4.78 is 6.63. The van der Waals surface area contributed by atoms with Gasteiger partial charge in [-0.05, 0) is 24.6 Å². The molecule has 0 saturated carbocycles. The van der Waals surface area contributed by atoms with Crippen molar-refractivity contribution in [3.05, 3.63) is 30.1 Å². The molecule has 2 nitrogen and oxygen atoms in total. The lowest BCUT2D eigenvalue weighted by atomic mass is 10.2. The highest BCUT2D eigenvalue weighted by Crippen LogP contribution is 2.07. The van der Waals surface area contributed by atoms with Gasteiger partial charge in [0.2, 0.25) is 1.43 Å². The smallest absolute Gasteiger partial charge is 0.211 e. The van der Waals surface area contributed by atoms with Gasteiger partial charge in [-0.3, -0.25) is 4.98 Å². The van der Waals surface area contributed by atoms with Crippen LogP contribution in [0.25, 0.3) is 0 Å². The van der Waals surface area contributed by atoms with Crippen molar-refractivity contribution in [2.75, 3.05) is 0 Å². The van der Waals surface area contributed by atoms with Gasteiger partial charge in [0.15, 0.2) is 0 Å². The lowest BCUT2D eigenvalue weighted by molar-refractivity contribution is 0.199. The van der Waals surface area contributed by atoms with Crippen molar-refractivity contribution in [3.8, 4) is 0 Å². The summed E-state index contributed by atoms with van der Waals surface area (Å²) in [5, 5.41) is 4.36. The minimum atomic E-state index is -0.164. The molecule has 1 aromatic rings. The van der Waals surface area contributed by atoms with Crippen LogP contribution in [-0.2, 0) is 0 Å². The van der Waals surface area contributed by atoms with Gasteiger partial charge in [-0.1, -0.05) is 0 Å². The van der Waals surface area contributed by atoms with Crippen LogP contribution < -0.4 is 0 Å². The Kier molecular flexibility index (Phi) is 1.43. The molecule has 0 aliphatic rings. The highest BCUT2D eigenvalue weighted by molar-refractivity contribution is 5.11. The molecule has 0 aliphatic heterocycles. The lowest BCUT2D eigenvalue weighted by Gasteiger charge is -2.00. The number of aliphatic hydroxyl groups excluding tert-OH is 1. The summed E-state index contributed by atoms with van der Waals surface area (Å²) >= 11 is 0. The molecule has 9 heavy (non-hydrogen) atoms. The third-order valence-electron chi connectivity index (χ3n) is 1.18. The molecule has 1 N–H and O–H groups in total. The Bertz CT molecular complexity index is 190. The van der Waals surface area contributed by atoms with E-state index in [0.29, 0.717) is 0 Å². The summed E-state index contributed by atoms with van der Waals surface area (Å²) in [6, 6.07) is 3.67. The topological polar surface area (TPSA) is 33.1 Å². The van der Waals surface area contributed by atoms with Gasteiger partial charge in [0.1, 0.15) is 0 Å².